The van der Waals surface area contributed by atoms with Crippen LogP contribution in [0, 0.1) is 5.82 Å². The average Bonchev–Trinajstić information content (AvgIpc) is 3.36. The number of benzene rings is 1. The molecule has 1 fully saturated rings. The second-order valence-corrected chi connectivity index (χ2v) is 11.9. The fraction of sp³-hybridized carbons (Fsp3) is 0.333. The van der Waals surface area contributed by atoms with Gasteiger partial charge in [-0.3, -0.25) is 9.78 Å². The number of nitrogens with one attached hydrogen (secondary N) is 1. The van der Waals surface area contributed by atoms with Gasteiger partial charge in [-0.2, -0.15) is 5.10 Å². The van der Waals surface area contributed by atoms with E-state index < -0.39 is 9.84 Å². The van der Waals surface area contributed by atoms with Crippen LogP contribution in [0.15, 0.2) is 61.2 Å². The van der Waals surface area contributed by atoms with E-state index in [-0.39, 0.29) is 23.0 Å². The number of hydrogen-bond acceptors (Lipinski definition) is 7. The van der Waals surface area contributed by atoms with Crippen molar-refractivity contribution in [1.29, 1.82) is 0 Å². The highest BCUT2D eigenvalue weighted by Crippen LogP contribution is 2.26. The lowest BCUT2D eigenvalue weighted by molar-refractivity contribution is 0.0937. The number of nitrogens with zero attached hydrogens (tertiary/aromatic N) is 5. The van der Waals surface area contributed by atoms with E-state index in [4.69, 9.17) is 0 Å². The van der Waals surface area contributed by atoms with Gasteiger partial charge in [0.15, 0.2) is 0 Å². The Balaban J connectivity index is 1.35. The number of hydrogen-bond donors (Lipinski definition) is 1. The standard InChI is InChI=1S/C27H29FN6O3S/c1-3-24(18-8-11-30-26(14-18)33-12-9-21(10-13-33)38(2,36)37)32-27(35)23-15-29-17-25-22(23)16-31-34(25)20-6-4-19(28)5-7-20/h4-8,11,14-17,21,24H,3,9-10,12-13H2,1-2H3,(H,32,35). The molecule has 0 bridgehead atoms. The number of pyridine rings is 2. The predicted octanol–water partition coefficient (Wildman–Crippen LogP) is 3.85. The summed E-state index contributed by atoms with van der Waals surface area (Å²) in [5.41, 5.74) is 2.61. The molecule has 0 radical (unpaired) electrons. The Morgan fingerprint density at radius 1 is 1.13 bits per heavy atom. The molecule has 38 heavy (non-hydrogen) atoms. The number of anilines is 1. The molecular weight excluding hydrogens is 507 g/mol. The summed E-state index contributed by atoms with van der Waals surface area (Å²) in [7, 11) is -3.05. The molecule has 1 atom stereocenters. The van der Waals surface area contributed by atoms with Gasteiger partial charge in [-0.15, -0.1) is 0 Å². The first kappa shape index (κ1) is 25.8. The van der Waals surface area contributed by atoms with Crippen LogP contribution in [0.25, 0.3) is 16.6 Å². The number of sulfone groups is 1. The first-order valence-electron chi connectivity index (χ1n) is 12.5. The van der Waals surface area contributed by atoms with Gasteiger partial charge < -0.3 is 10.2 Å². The Hall–Kier alpha value is -3.86. The maximum Gasteiger partial charge on any atom is 0.254 e. The van der Waals surface area contributed by atoms with Gasteiger partial charge in [0.25, 0.3) is 5.91 Å². The SMILES string of the molecule is CCC(NC(=O)c1cncc2c1cnn2-c1ccc(F)cc1)c1ccnc(N2CCC(S(C)(=O)=O)CC2)c1. The fourth-order valence-electron chi connectivity index (χ4n) is 4.90. The lowest BCUT2D eigenvalue weighted by atomic mass is 10.0. The largest absolute Gasteiger partial charge is 0.357 e. The second kappa shape index (κ2) is 10.5. The van der Waals surface area contributed by atoms with Crippen molar-refractivity contribution in [3.8, 4) is 5.69 Å². The van der Waals surface area contributed by atoms with E-state index in [0.29, 0.717) is 54.5 Å². The van der Waals surface area contributed by atoms with Crippen LogP contribution < -0.4 is 10.2 Å². The summed E-state index contributed by atoms with van der Waals surface area (Å²) >= 11 is 0. The number of aromatic nitrogens is 4. The van der Waals surface area contributed by atoms with Crippen molar-refractivity contribution in [1.82, 2.24) is 25.1 Å². The Kier molecular flexibility index (Phi) is 7.11. The predicted molar refractivity (Wildman–Crippen MR) is 144 cm³/mol. The third-order valence-corrected chi connectivity index (χ3v) is 8.75. The minimum atomic E-state index is -3.05. The molecule has 1 aliphatic heterocycles. The molecule has 9 nitrogen and oxygen atoms in total. The zero-order valence-electron chi connectivity index (χ0n) is 21.2. The summed E-state index contributed by atoms with van der Waals surface area (Å²) in [5, 5.41) is 7.84. The summed E-state index contributed by atoms with van der Waals surface area (Å²) < 4.78 is 38.8. The van der Waals surface area contributed by atoms with Crippen LogP contribution in [0.1, 0.15) is 48.1 Å². The lowest BCUT2D eigenvalue weighted by Crippen LogP contribution is -2.39. The fourth-order valence-corrected chi connectivity index (χ4v) is 5.97. The summed E-state index contributed by atoms with van der Waals surface area (Å²) in [4.78, 5) is 24.2. The van der Waals surface area contributed by atoms with Crippen LogP contribution in [-0.4, -0.2) is 58.7 Å². The number of fused-ring (bicyclic) bond motifs is 1. The van der Waals surface area contributed by atoms with Crippen molar-refractivity contribution in [3.63, 3.8) is 0 Å². The first-order chi connectivity index (χ1) is 18.2. The van der Waals surface area contributed by atoms with E-state index in [1.54, 1.807) is 35.4 Å². The number of halogens is 1. The zero-order chi connectivity index (χ0) is 26.9. The van der Waals surface area contributed by atoms with Crippen LogP contribution in [0.2, 0.25) is 0 Å². The van der Waals surface area contributed by atoms with E-state index in [0.717, 1.165) is 11.4 Å². The van der Waals surface area contributed by atoms with E-state index >= 15 is 0 Å². The molecule has 0 spiro atoms. The number of piperidine rings is 1. The minimum Gasteiger partial charge on any atom is -0.357 e. The van der Waals surface area contributed by atoms with Gasteiger partial charge in [-0.05, 0) is 61.2 Å². The highest BCUT2D eigenvalue weighted by atomic mass is 32.2. The van der Waals surface area contributed by atoms with Crippen LogP contribution in [0.5, 0.6) is 0 Å². The van der Waals surface area contributed by atoms with Crippen molar-refractivity contribution in [2.24, 2.45) is 0 Å². The number of rotatable bonds is 7. The molecule has 3 aromatic heterocycles. The molecule has 1 N–H and O–H groups in total. The van der Waals surface area contributed by atoms with Gasteiger partial charge in [0.05, 0.1) is 40.5 Å². The molecule has 4 heterocycles. The summed E-state index contributed by atoms with van der Waals surface area (Å²) in [5.74, 6) is 0.152. The monoisotopic (exact) mass is 536 g/mol. The van der Waals surface area contributed by atoms with Gasteiger partial charge in [-0.1, -0.05) is 6.92 Å². The molecule has 1 amide bonds. The highest BCUT2D eigenvalue weighted by molar-refractivity contribution is 7.91. The van der Waals surface area contributed by atoms with Gasteiger partial charge in [0.1, 0.15) is 21.5 Å². The Morgan fingerprint density at radius 2 is 1.87 bits per heavy atom. The molecule has 11 heteroatoms. The van der Waals surface area contributed by atoms with E-state index in [9.17, 15) is 17.6 Å². The minimum absolute atomic E-state index is 0.264. The molecule has 1 unspecified atom stereocenters. The molecule has 5 rings (SSSR count). The highest BCUT2D eigenvalue weighted by Gasteiger charge is 2.27. The first-order valence-corrected chi connectivity index (χ1v) is 14.5. The molecular formula is C27H29FN6O3S. The summed E-state index contributed by atoms with van der Waals surface area (Å²) in [6.45, 7) is 3.22. The smallest absolute Gasteiger partial charge is 0.254 e. The topological polar surface area (TPSA) is 110 Å². The summed E-state index contributed by atoms with van der Waals surface area (Å²) in [6, 6.07) is 9.52. The maximum absolute atomic E-state index is 13.4. The Labute approximate surface area is 220 Å². The van der Waals surface area contributed by atoms with Crippen molar-refractivity contribution >= 4 is 32.5 Å². The van der Waals surface area contributed by atoms with Crippen molar-refractivity contribution in [2.45, 2.75) is 37.5 Å². The van der Waals surface area contributed by atoms with Gasteiger partial charge in [0, 0.05) is 37.1 Å². The Morgan fingerprint density at radius 3 is 2.55 bits per heavy atom. The van der Waals surface area contributed by atoms with Gasteiger partial charge in [0.2, 0.25) is 0 Å². The van der Waals surface area contributed by atoms with Crippen LogP contribution in [0.3, 0.4) is 0 Å². The molecule has 4 aromatic rings. The molecule has 1 saturated heterocycles. The molecule has 0 aliphatic carbocycles. The normalized spacial score (nSPS) is 15.5. The van der Waals surface area contributed by atoms with Crippen LogP contribution in [0.4, 0.5) is 10.2 Å². The Bertz CT molecular complexity index is 1560. The van der Waals surface area contributed by atoms with Crippen molar-refractivity contribution in [2.75, 3.05) is 24.2 Å². The zero-order valence-corrected chi connectivity index (χ0v) is 22.0. The second-order valence-electron chi connectivity index (χ2n) is 9.55. The van der Waals surface area contributed by atoms with E-state index in [1.165, 1.54) is 24.6 Å². The molecule has 198 valence electrons. The van der Waals surface area contributed by atoms with Crippen molar-refractivity contribution in [3.05, 3.63) is 78.1 Å². The van der Waals surface area contributed by atoms with Crippen LogP contribution in [-0.2, 0) is 9.84 Å². The van der Waals surface area contributed by atoms with E-state index in [2.05, 4.69) is 25.3 Å². The molecule has 1 aromatic carbocycles. The number of amides is 1. The van der Waals surface area contributed by atoms with E-state index in [1.807, 2.05) is 19.1 Å². The van der Waals surface area contributed by atoms with Crippen molar-refractivity contribution < 1.29 is 17.6 Å². The molecule has 0 saturated carbocycles. The molecule has 1 aliphatic rings. The van der Waals surface area contributed by atoms with Crippen LogP contribution >= 0.6 is 0 Å². The quantitative estimate of drug-likeness (QED) is 0.382. The number of carbonyl (C=O) groups excluding carboxylic acids is 1. The van der Waals surface area contributed by atoms with Gasteiger partial charge >= 0.3 is 0 Å². The third-order valence-electron chi connectivity index (χ3n) is 7.07. The number of carbonyl (C=O) groups is 1. The third kappa shape index (κ3) is 5.24. The maximum atomic E-state index is 13.4. The summed E-state index contributed by atoms with van der Waals surface area (Å²) in [6.07, 6.45) is 9.57. The average molecular weight is 537 g/mol. The van der Waals surface area contributed by atoms with Gasteiger partial charge in [-0.25, -0.2) is 22.5 Å². The lowest BCUT2D eigenvalue weighted by Gasteiger charge is -2.32.